The van der Waals surface area contributed by atoms with Crippen molar-refractivity contribution in [1.29, 1.82) is 0 Å². The fourth-order valence-corrected chi connectivity index (χ4v) is 3.59. The lowest BCUT2D eigenvalue weighted by molar-refractivity contribution is 0.301. The molecule has 3 aromatic rings. The van der Waals surface area contributed by atoms with Crippen LogP contribution < -0.4 is 9.46 Å². The highest BCUT2D eigenvalue weighted by molar-refractivity contribution is 7.92. The Bertz CT molecular complexity index is 1060. The molecule has 2 aromatic carbocycles. The number of ether oxygens (including phenoxy) is 1. The molecule has 0 aliphatic rings. The first-order valence-electron chi connectivity index (χ1n) is 7.66. The number of hydrogen-bond acceptors (Lipinski definition) is 4. The molecule has 1 heterocycles. The molecule has 3 rings (SSSR count). The van der Waals surface area contributed by atoms with Gasteiger partial charge >= 0.3 is 0 Å². The number of halogens is 3. The van der Waals surface area contributed by atoms with Crippen LogP contribution in [0, 0.1) is 11.6 Å². The summed E-state index contributed by atoms with van der Waals surface area (Å²) in [6.07, 6.45) is 1.63. The Hall–Kier alpha value is -2.71. The summed E-state index contributed by atoms with van der Waals surface area (Å²) in [7, 11) is -4.33. The van der Waals surface area contributed by atoms with Crippen molar-refractivity contribution in [3.05, 3.63) is 83.1 Å². The highest BCUT2D eigenvalue weighted by atomic mass is 35.5. The van der Waals surface area contributed by atoms with Gasteiger partial charge in [-0.15, -0.1) is 0 Å². The Kier molecular flexibility index (Phi) is 5.57. The van der Waals surface area contributed by atoms with Gasteiger partial charge in [0.2, 0.25) is 0 Å². The van der Waals surface area contributed by atoms with Crippen LogP contribution in [-0.2, 0) is 16.6 Å². The van der Waals surface area contributed by atoms with Crippen LogP contribution in [0.3, 0.4) is 0 Å². The molecule has 0 spiro atoms. The van der Waals surface area contributed by atoms with Gasteiger partial charge in [-0.25, -0.2) is 17.2 Å². The van der Waals surface area contributed by atoms with E-state index in [1.807, 2.05) is 6.07 Å². The number of aromatic nitrogens is 1. The van der Waals surface area contributed by atoms with E-state index in [4.69, 9.17) is 16.3 Å². The number of rotatable bonds is 6. The fraction of sp³-hybridized carbons (Fsp3) is 0.0556. The molecule has 5 nitrogen and oxygen atoms in total. The summed E-state index contributed by atoms with van der Waals surface area (Å²) in [5.74, 6) is -2.39. The van der Waals surface area contributed by atoms with Gasteiger partial charge in [0, 0.05) is 6.20 Å². The van der Waals surface area contributed by atoms with Gasteiger partial charge in [-0.05, 0) is 42.5 Å². The first kappa shape index (κ1) is 19.1. The largest absolute Gasteiger partial charge is 0.486 e. The topological polar surface area (TPSA) is 68.3 Å². The molecule has 0 atom stereocenters. The molecule has 0 unspecified atom stereocenters. The number of nitrogens with zero attached hydrogens (tertiary/aromatic N) is 1. The predicted molar refractivity (Wildman–Crippen MR) is 97.2 cm³/mol. The smallest absolute Gasteiger partial charge is 0.264 e. The van der Waals surface area contributed by atoms with Crippen molar-refractivity contribution in [3.8, 4) is 5.75 Å². The molecule has 1 N–H and O–H groups in total. The van der Waals surface area contributed by atoms with Crippen molar-refractivity contribution in [3.63, 3.8) is 0 Å². The molecule has 0 radical (unpaired) electrons. The van der Waals surface area contributed by atoms with Gasteiger partial charge in [0.1, 0.15) is 17.3 Å². The van der Waals surface area contributed by atoms with Crippen LogP contribution >= 0.6 is 11.6 Å². The van der Waals surface area contributed by atoms with Crippen molar-refractivity contribution in [2.45, 2.75) is 11.5 Å². The average molecular weight is 411 g/mol. The maximum absolute atomic E-state index is 13.8. The second-order valence-electron chi connectivity index (χ2n) is 5.41. The summed E-state index contributed by atoms with van der Waals surface area (Å²) in [5, 5.41) is 0.144. The van der Waals surface area contributed by atoms with E-state index in [1.54, 1.807) is 18.3 Å². The van der Waals surface area contributed by atoms with E-state index in [2.05, 4.69) is 9.71 Å². The van der Waals surface area contributed by atoms with Crippen LogP contribution in [0.15, 0.2) is 65.7 Å². The minimum absolute atomic E-state index is 0.0776. The van der Waals surface area contributed by atoms with Gasteiger partial charge in [0.15, 0.2) is 11.6 Å². The van der Waals surface area contributed by atoms with Gasteiger partial charge in [0.05, 0.1) is 16.4 Å². The molecule has 0 fully saturated rings. The van der Waals surface area contributed by atoms with Crippen LogP contribution in [0.5, 0.6) is 5.75 Å². The first-order valence-corrected chi connectivity index (χ1v) is 9.52. The van der Waals surface area contributed by atoms with Crippen LogP contribution in [0.1, 0.15) is 5.69 Å². The fourth-order valence-electron chi connectivity index (χ4n) is 2.22. The molecule has 0 aliphatic carbocycles. The van der Waals surface area contributed by atoms with Crippen LogP contribution in [-0.4, -0.2) is 13.4 Å². The summed E-state index contributed by atoms with van der Waals surface area (Å²) in [4.78, 5) is 3.32. The number of nitrogens with one attached hydrogen (secondary N) is 1. The van der Waals surface area contributed by atoms with Crippen molar-refractivity contribution >= 4 is 27.3 Å². The number of anilines is 1. The normalized spacial score (nSPS) is 11.2. The Labute approximate surface area is 159 Å². The van der Waals surface area contributed by atoms with Gasteiger partial charge in [-0.3, -0.25) is 9.71 Å². The first-order chi connectivity index (χ1) is 12.9. The third-order valence-corrected chi connectivity index (χ3v) is 5.19. The van der Waals surface area contributed by atoms with Crippen LogP contribution in [0.4, 0.5) is 14.5 Å². The van der Waals surface area contributed by atoms with E-state index in [-0.39, 0.29) is 17.3 Å². The maximum Gasteiger partial charge on any atom is 0.264 e. The summed E-state index contributed by atoms with van der Waals surface area (Å²) < 4.78 is 59.3. The molecule has 0 aliphatic heterocycles. The number of pyridine rings is 1. The molecule has 9 heteroatoms. The van der Waals surface area contributed by atoms with Gasteiger partial charge < -0.3 is 4.74 Å². The van der Waals surface area contributed by atoms with E-state index in [0.717, 1.165) is 18.2 Å². The molecule has 1 aromatic heterocycles. The van der Waals surface area contributed by atoms with Crippen LogP contribution in [0.2, 0.25) is 5.02 Å². The number of benzene rings is 2. The zero-order valence-corrected chi connectivity index (χ0v) is 15.3. The quantitative estimate of drug-likeness (QED) is 0.654. The van der Waals surface area contributed by atoms with E-state index in [0.29, 0.717) is 11.4 Å². The lowest BCUT2D eigenvalue weighted by Crippen LogP contribution is -2.15. The van der Waals surface area contributed by atoms with E-state index >= 15 is 0 Å². The highest BCUT2D eigenvalue weighted by Crippen LogP contribution is 2.30. The summed E-state index contributed by atoms with van der Waals surface area (Å²) in [5.41, 5.74) is 0.772. The Morgan fingerprint density at radius 1 is 1.07 bits per heavy atom. The van der Waals surface area contributed by atoms with Crippen molar-refractivity contribution in [1.82, 2.24) is 4.98 Å². The van der Waals surface area contributed by atoms with Crippen LogP contribution in [0.25, 0.3) is 0 Å². The van der Waals surface area contributed by atoms with Gasteiger partial charge in [0.25, 0.3) is 10.0 Å². The molecule has 0 amide bonds. The van der Waals surface area contributed by atoms with E-state index < -0.39 is 26.6 Å². The monoisotopic (exact) mass is 410 g/mol. The minimum atomic E-state index is -4.33. The zero-order valence-electron chi connectivity index (χ0n) is 13.7. The van der Waals surface area contributed by atoms with E-state index in [9.17, 15) is 17.2 Å². The highest BCUT2D eigenvalue weighted by Gasteiger charge is 2.22. The number of sulfonamides is 1. The Morgan fingerprint density at radius 2 is 1.89 bits per heavy atom. The summed E-state index contributed by atoms with van der Waals surface area (Å²) in [6.45, 7) is 0.181. The molecule has 0 saturated carbocycles. The van der Waals surface area contributed by atoms with E-state index in [1.165, 1.54) is 18.2 Å². The van der Waals surface area contributed by atoms with Crippen molar-refractivity contribution < 1.29 is 21.9 Å². The molecule has 0 saturated heterocycles. The molecule has 27 heavy (non-hydrogen) atoms. The summed E-state index contributed by atoms with van der Waals surface area (Å²) in [6, 6.07) is 12.4. The minimum Gasteiger partial charge on any atom is -0.486 e. The van der Waals surface area contributed by atoms with Gasteiger partial charge in [-0.2, -0.15) is 0 Å². The Morgan fingerprint density at radius 3 is 2.59 bits per heavy atom. The predicted octanol–water partition coefficient (Wildman–Crippen LogP) is 4.39. The van der Waals surface area contributed by atoms with Crippen molar-refractivity contribution in [2.75, 3.05) is 4.72 Å². The molecule has 0 bridgehead atoms. The number of hydrogen-bond donors (Lipinski definition) is 1. The maximum atomic E-state index is 13.8. The Balaban J connectivity index is 1.76. The third-order valence-electron chi connectivity index (χ3n) is 3.49. The summed E-state index contributed by atoms with van der Waals surface area (Å²) >= 11 is 6.11. The standard InChI is InChI=1S/C18H13ClF2N2O3S/c19-14-10-12(7-8-16(14)26-11-13-4-1-2-9-22-13)23-27(24,25)17-6-3-5-15(20)18(17)21/h1-10,23H,11H2. The second kappa shape index (κ2) is 7.89. The molecular weight excluding hydrogens is 398 g/mol. The average Bonchev–Trinajstić information content (AvgIpc) is 2.63. The SMILES string of the molecule is O=S(=O)(Nc1ccc(OCc2ccccn2)c(Cl)c1)c1cccc(F)c1F. The lowest BCUT2D eigenvalue weighted by Gasteiger charge is -2.12. The van der Waals surface area contributed by atoms with Gasteiger partial charge in [-0.1, -0.05) is 23.7 Å². The van der Waals surface area contributed by atoms with Crippen molar-refractivity contribution in [2.24, 2.45) is 0 Å². The molecular formula is C18H13ClF2N2O3S. The third kappa shape index (κ3) is 4.53. The molecule has 140 valence electrons. The lowest BCUT2D eigenvalue weighted by atomic mass is 10.3. The second-order valence-corrected chi connectivity index (χ2v) is 7.47. The zero-order chi connectivity index (χ0) is 19.4.